The van der Waals surface area contributed by atoms with Crippen molar-refractivity contribution in [3.05, 3.63) is 67.6 Å². The van der Waals surface area contributed by atoms with Crippen LogP contribution in [0.5, 0.6) is 0 Å². The van der Waals surface area contributed by atoms with Gasteiger partial charge >= 0.3 is 0 Å². The molecule has 2 atom stereocenters. The van der Waals surface area contributed by atoms with Gasteiger partial charge in [-0.05, 0) is 86.3 Å². The molecule has 1 aliphatic carbocycles. The Hall–Kier alpha value is -1.99. The number of fused-ring (bicyclic) bond motifs is 1. The monoisotopic (exact) mass is 653 g/mol. The number of rotatable bonds is 12. The second kappa shape index (κ2) is 16.2. The molecule has 228 valence electrons. The first-order valence-corrected chi connectivity index (χ1v) is 16.4. The van der Waals surface area contributed by atoms with Gasteiger partial charge in [-0.2, -0.15) is 0 Å². The average Bonchev–Trinajstić information content (AvgIpc) is 2.96. The van der Waals surface area contributed by atoms with Crippen molar-refractivity contribution in [2.75, 3.05) is 26.2 Å². The van der Waals surface area contributed by atoms with E-state index >= 15 is 0 Å². The Morgan fingerprint density at radius 1 is 0.833 bits per heavy atom. The van der Waals surface area contributed by atoms with E-state index in [2.05, 4.69) is 10.2 Å². The molecular weight excluding hydrogens is 616 g/mol. The zero-order valence-electron chi connectivity index (χ0n) is 23.9. The molecule has 0 radical (unpaired) electrons. The maximum Gasteiger partial charge on any atom is 0.239 e. The van der Waals surface area contributed by atoms with Crippen LogP contribution in [0, 0.1) is 5.92 Å². The lowest BCUT2D eigenvalue weighted by atomic mass is 9.78. The molecule has 2 aromatic carbocycles. The molecule has 2 unspecified atom stereocenters. The zero-order valence-corrected chi connectivity index (χ0v) is 26.9. The molecule has 2 aromatic rings. The Bertz CT molecular complexity index is 1260. The highest BCUT2D eigenvalue weighted by Crippen LogP contribution is 2.35. The minimum Gasteiger partial charge on any atom is -0.354 e. The summed E-state index contributed by atoms with van der Waals surface area (Å²) in [7, 11) is 0. The lowest BCUT2D eigenvalue weighted by molar-refractivity contribution is -0.138. The second-order valence-electron chi connectivity index (χ2n) is 11.3. The Kier molecular flexibility index (Phi) is 12.7. The van der Waals surface area contributed by atoms with Crippen molar-refractivity contribution < 1.29 is 14.4 Å². The summed E-state index contributed by atoms with van der Waals surface area (Å²) in [6, 6.07) is 10.9. The first-order chi connectivity index (χ1) is 20.2. The molecule has 1 heterocycles. The number of likely N-dealkylation sites (tertiary alicyclic amines) is 1. The SMILES string of the molecule is O=C(CN(CCc1ccc(Cl)cc1Cl)C(=O)CCCC(=O)N1CCCC2CCCCC21)NCCc1ccc(Cl)cc1Cl. The molecule has 0 spiro atoms. The molecule has 1 saturated carbocycles. The number of hydrogen-bond acceptors (Lipinski definition) is 3. The van der Waals surface area contributed by atoms with E-state index in [4.69, 9.17) is 46.4 Å². The highest BCUT2D eigenvalue weighted by atomic mass is 35.5. The summed E-state index contributed by atoms with van der Waals surface area (Å²) in [6.45, 7) is 1.43. The Balaban J connectivity index is 1.31. The van der Waals surface area contributed by atoms with E-state index in [1.807, 2.05) is 12.1 Å². The molecule has 0 aromatic heterocycles. The highest BCUT2D eigenvalue weighted by molar-refractivity contribution is 6.35. The van der Waals surface area contributed by atoms with Gasteiger partial charge in [-0.1, -0.05) is 71.4 Å². The standard InChI is InChI=1S/C32H39Cl4N3O3/c33-25-12-10-22(27(35)19-25)14-16-37-30(40)21-38(18-15-23-11-13-26(34)20-28(23)36)31(41)8-3-9-32(42)39-17-4-6-24-5-1-2-7-29(24)39/h10-13,19-20,24,29H,1-9,14-18,21H2,(H,37,40). The molecule has 42 heavy (non-hydrogen) atoms. The Morgan fingerprint density at radius 2 is 1.48 bits per heavy atom. The third-order valence-electron chi connectivity index (χ3n) is 8.43. The lowest BCUT2D eigenvalue weighted by Gasteiger charge is -2.44. The number of carbonyl (C=O) groups is 3. The first-order valence-electron chi connectivity index (χ1n) is 14.9. The van der Waals surface area contributed by atoms with Crippen LogP contribution >= 0.6 is 46.4 Å². The number of carbonyl (C=O) groups excluding carboxylic acids is 3. The van der Waals surface area contributed by atoms with Gasteiger partial charge in [-0.3, -0.25) is 14.4 Å². The highest BCUT2D eigenvalue weighted by Gasteiger charge is 2.35. The van der Waals surface area contributed by atoms with Gasteiger partial charge in [0.05, 0.1) is 6.54 Å². The van der Waals surface area contributed by atoms with Crippen molar-refractivity contribution in [1.82, 2.24) is 15.1 Å². The molecule has 0 bridgehead atoms. The van der Waals surface area contributed by atoms with E-state index in [1.165, 1.54) is 25.7 Å². The molecule has 2 aliphatic rings. The Morgan fingerprint density at radius 3 is 2.17 bits per heavy atom. The zero-order chi connectivity index (χ0) is 30.1. The van der Waals surface area contributed by atoms with Crippen LogP contribution in [0.3, 0.4) is 0 Å². The number of nitrogens with one attached hydrogen (secondary N) is 1. The van der Waals surface area contributed by atoms with Gasteiger partial charge in [0.1, 0.15) is 0 Å². The van der Waals surface area contributed by atoms with Crippen LogP contribution in [0.2, 0.25) is 20.1 Å². The van der Waals surface area contributed by atoms with Crippen molar-refractivity contribution in [1.29, 1.82) is 0 Å². The van der Waals surface area contributed by atoms with Gasteiger partial charge in [0.2, 0.25) is 17.7 Å². The summed E-state index contributed by atoms with van der Waals surface area (Å²) in [4.78, 5) is 43.0. The fourth-order valence-corrected chi connectivity index (χ4v) is 7.19. The molecule has 3 amide bonds. The maximum absolute atomic E-state index is 13.3. The molecule has 1 aliphatic heterocycles. The van der Waals surface area contributed by atoms with Gasteiger partial charge < -0.3 is 15.1 Å². The van der Waals surface area contributed by atoms with Crippen LogP contribution in [-0.4, -0.2) is 59.7 Å². The fourth-order valence-electron chi connectivity index (χ4n) is 6.19. The fraction of sp³-hybridized carbons (Fsp3) is 0.531. The molecule has 6 nitrogen and oxygen atoms in total. The molecule has 1 saturated heterocycles. The van der Waals surface area contributed by atoms with Crippen molar-refractivity contribution in [2.45, 2.75) is 76.7 Å². The summed E-state index contributed by atoms with van der Waals surface area (Å²) in [5.41, 5.74) is 1.73. The molecule has 1 N–H and O–H groups in total. The molecule has 4 rings (SSSR count). The largest absolute Gasteiger partial charge is 0.354 e. The summed E-state index contributed by atoms with van der Waals surface area (Å²) >= 11 is 24.6. The number of halogens is 4. The summed E-state index contributed by atoms with van der Waals surface area (Å²) in [5, 5.41) is 5.05. The maximum atomic E-state index is 13.3. The summed E-state index contributed by atoms with van der Waals surface area (Å²) in [6.07, 6.45) is 9.06. The van der Waals surface area contributed by atoms with Crippen LogP contribution < -0.4 is 5.32 Å². The van der Waals surface area contributed by atoms with E-state index in [0.717, 1.165) is 30.5 Å². The average molecular weight is 655 g/mol. The van der Waals surface area contributed by atoms with E-state index in [1.54, 1.807) is 29.2 Å². The van der Waals surface area contributed by atoms with Gasteiger partial charge in [0, 0.05) is 58.6 Å². The number of amides is 3. The number of piperidine rings is 1. The van der Waals surface area contributed by atoms with E-state index in [-0.39, 0.29) is 30.7 Å². The van der Waals surface area contributed by atoms with Gasteiger partial charge in [-0.25, -0.2) is 0 Å². The van der Waals surface area contributed by atoms with E-state index in [0.29, 0.717) is 70.8 Å². The van der Waals surface area contributed by atoms with Gasteiger partial charge in [0.15, 0.2) is 0 Å². The lowest BCUT2D eigenvalue weighted by Crippen LogP contribution is -2.49. The predicted octanol–water partition coefficient (Wildman–Crippen LogP) is 7.38. The smallest absolute Gasteiger partial charge is 0.239 e. The quantitative estimate of drug-likeness (QED) is 0.260. The van der Waals surface area contributed by atoms with Crippen molar-refractivity contribution in [3.63, 3.8) is 0 Å². The minimum atomic E-state index is -0.261. The van der Waals surface area contributed by atoms with Crippen LogP contribution in [0.4, 0.5) is 0 Å². The van der Waals surface area contributed by atoms with Gasteiger partial charge in [-0.15, -0.1) is 0 Å². The second-order valence-corrected chi connectivity index (χ2v) is 13.0. The third kappa shape index (κ3) is 9.51. The Labute approximate surface area is 269 Å². The topological polar surface area (TPSA) is 69.7 Å². The molecular formula is C32H39Cl4N3O3. The number of benzene rings is 2. The van der Waals surface area contributed by atoms with Crippen LogP contribution in [0.1, 0.15) is 68.9 Å². The first kappa shape index (κ1) is 32.9. The normalized spacial score (nSPS) is 18.3. The van der Waals surface area contributed by atoms with Crippen LogP contribution in [0.25, 0.3) is 0 Å². The summed E-state index contributed by atoms with van der Waals surface area (Å²) in [5.74, 6) is 0.362. The van der Waals surface area contributed by atoms with Crippen molar-refractivity contribution in [3.8, 4) is 0 Å². The molecule has 2 fully saturated rings. The van der Waals surface area contributed by atoms with Crippen molar-refractivity contribution >= 4 is 64.1 Å². The van der Waals surface area contributed by atoms with E-state index in [9.17, 15) is 14.4 Å². The van der Waals surface area contributed by atoms with Crippen LogP contribution in [-0.2, 0) is 27.2 Å². The minimum absolute atomic E-state index is 0.0811. The van der Waals surface area contributed by atoms with Gasteiger partial charge in [0.25, 0.3) is 0 Å². The predicted molar refractivity (Wildman–Crippen MR) is 170 cm³/mol. The third-order valence-corrected chi connectivity index (χ3v) is 9.60. The van der Waals surface area contributed by atoms with E-state index < -0.39 is 0 Å². The molecule has 10 heteroatoms. The number of hydrogen-bond donors (Lipinski definition) is 1. The van der Waals surface area contributed by atoms with Crippen LogP contribution in [0.15, 0.2) is 36.4 Å². The number of nitrogens with zero attached hydrogens (tertiary/aromatic N) is 2. The summed E-state index contributed by atoms with van der Waals surface area (Å²) < 4.78 is 0. The van der Waals surface area contributed by atoms with Crippen molar-refractivity contribution in [2.24, 2.45) is 5.92 Å².